The molecule has 5 nitrogen and oxygen atoms in total. The highest BCUT2D eigenvalue weighted by molar-refractivity contribution is 7.11. The van der Waals surface area contributed by atoms with Crippen molar-refractivity contribution in [2.45, 2.75) is 20.0 Å². The highest BCUT2D eigenvalue weighted by Crippen LogP contribution is 2.22. The van der Waals surface area contributed by atoms with Gasteiger partial charge in [-0.1, -0.05) is 17.7 Å². The third-order valence-corrected chi connectivity index (χ3v) is 4.17. The molecule has 0 aliphatic rings. The summed E-state index contributed by atoms with van der Waals surface area (Å²) in [6.07, 6.45) is 1.90. The van der Waals surface area contributed by atoms with Crippen LogP contribution in [0.25, 0.3) is 11.5 Å². The van der Waals surface area contributed by atoms with Gasteiger partial charge in [-0.25, -0.2) is 4.98 Å². The number of hydrogen-bond acceptors (Lipinski definition) is 6. The Hall–Kier alpha value is -1.76. The van der Waals surface area contributed by atoms with E-state index in [0.29, 0.717) is 23.3 Å². The molecule has 7 heteroatoms. The Morgan fingerprint density at radius 3 is 2.86 bits per heavy atom. The van der Waals surface area contributed by atoms with E-state index in [-0.39, 0.29) is 0 Å². The molecular formula is C15H15ClN4OS. The van der Waals surface area contributed by atoms with Crippen molar-refractivity contribution in [3.05, 3.63) is 51.3 Å². The Kier molecular flexibility index (Phi) is 4.52. The zero-order valence-corrected chi connectivity index (χ0v) is 13.9. The third kappa shape index (κ3) is 3.71. The molecule has 0 saturated carbocycles. The summed E-state index contributed by atoms with van der Waals surface area (Å²) in [5.41, 5.74) is 0.826. The van der Waals surface area contributed by atoms with E-state index in [1.165, 1.54) is 4.88 Å². The van der Waals surface area contributed by atoms with E-state index in [4.69, 9.17) is 16.0 Å². The largest absolute Gasteiger partial charge is 0.419 e. The molecule has 0 radical (unpaired) electrons. The first-order valence-electron chi connectivity index (χ1n) is 6.78. The van der Waals surface area contributed by atoms with Gasteiger partial charge in [0, 0.05) is 28.2 Å². The van der Waals surface area contributed by atoms with Gasteiger partial charge >= 0.3 is 0 Å². The predicted octanol–water partition coefficient (Wildman–Crippen LogP) is 3.79. The normalized spacial score (nSPS) is 11.3. The molecule has 114 valence electrons. The van der Waals surface area contributed by atoms with Gasteiger partial charge in [-0.2, -0.15) is 0 Å². The van der Waals surface area contributed by atoms with Crippen molar-refractivity contribution in [3.8, 4) is 11.5 Å². The molecule has 1 aromatic carbocycles. The average molecular weight is 335 g/mol. The van der Waals surface area contributed by atoms with Gasteiger partial charge in [0.2, 0.25) is 11.8 Å². The van der Waals surface area contributed by atoms with Crippen molar-refractivity contribution in [2.75, 3.05) is 7.05 Å². The molecule has 0 aliphatic heterocycles. The lowest BCUT2D eigenvalue weighted by atomic mass is 10.2. The Labute approximate surface area is 137 Å². The number of thiazole rings is 1. The standard InChI is InChI=1S/C15H15ClN4OS/c1-10-17-7-13(22-10)8-20(2)9-14-18-19-15(21-14)11-4-3-5-12(16)6-11/h3-7H,8-9H2,1-2H3. The van der Waals surface area contributed by atoms with Crippen molar-refractivity contribution in [2.24, 2.45) is 0 Å². The summed E-state index contributed by atoms with van der Waals surface area (Å²) in [5, 5.41) is 9.90. The highest BCUT2D eigenvalue weighted by atomic mass is 35.5. The zero-order chi connectivity index (χ0) is 15.5. The second-order valence-corrected chi connectivity index (χ2v) is 6.78. The fraction of sp³-hybridized carbons (Fsp3) is 0.267. The number of aromatic nitrogens is 3. The summed E-state index contributed by atoms with van der Waals surface area (Å²) in [4.78, 5) is 7.59. The van der Waals surface area contributed by atoms with Gasteiger partial charge in [-0.05, 0) is 32.2 Å². The SMILES string of the molecule is Cc1ncc(CN(C)Cc2nnc(-c3cccc(Cl)c3)o2)s1. The van der Waals surface area contributed by atoms with E-state index >= 15 is 0 Å². The van der Waals surface area contributed by atoms with Crippen LogP contribution in [0.5, 0.6) is 0 Å². The monoisotopic (exact) mass is 334 g/mol. The summed E-state index contributed by atoms with van der Waals surface area (Å²) in [7, 11) is 2.01. The van der Waals surface area contributed by atoms with E-state index < -0.39 is 0 Å². The summed E-state index contributed by atoms with van der Waals surface area (Å²) in [6, 6.07) is 7.38. The van der Waals surface area contributed by atoms with Crippen LogP contribution in [0, 0.1) is 6.92 Å². The highest BCUT2D eigenvalue weighted by Gasteiger charge is 2.12. The number of rotatable bonds is 5. The molecule has 0 N–H and O–H groups in total. The van der Waals surface area contributed by atoms with E-state index in [1.54, 1.807) is 11.3 Å². The van der Waals surface area contributed by atoms with Crippen LogP contribution in [0.4, 0.5) is 0 Å². The van der Waals surface area contributed by atoms with Gasteiger partial charge in [0.05, 0.1) is 11.6 Å². The van der Waals surface area contributed by atoms with E-state index in [9.17, 15) is 0 Å². The Morgan fingerprint density at radius 2 is 2.14 bits per heavy atom. The molecule has 2 aromatic heterocycles. The molecule has 3 aromatic rings. The third-order valence-electron chi connectivity index (χ3n) is 3.04. The molecule has 0 atom stereocenters. The number of benzene rings is 1. The minimum Gasteiger partial charge on any atom is -0.419 e. The lowest BCUT2D eigenvalue weighted by molar-refractivity contribution is 0.285. The van der Waals surface area contributed by atoms with Crippen LogP contribution in [0.15, 0.2) is 34.9 Å². The molecule has 0 aliphatic carbocycles. The topological polar surface area (TPSA) is 55.1 Å². The Bertz CT molecular complexity index is 770. The van der Waals surface area contributed by atoms with Crippen LogP contribution in [0.3, 0.4) is 0 Å². The predicted molar refractivity (Wildman–Crippen MR) is 86.8 cm³/mol. The number of hydrogen-bond donors (Lipinski definition) is 0. The van der Waals surface area contributed by atoms with E-state index in [0.717, 1.165) is 17.1 Å². The first-order valence-corrected chi connectivity index (χ1v) is 7.98. The Morgan fingerprint density at radius 1 is 1.27 bits per heavy atom. The van der Waals surface area contributed by atoms with Crippen molar-refractivity contribution in [3.63, 3.8) is 0 Å². The molecule has 2 heterocycles. The van der Waals surface area contributed by atoms with Crippen molar-refractivity contribution >= 4 is 22.9 Å². The van der Waals surface area contributed by atoms with E-state index in [2.05, 4.69) is 20.1 Å². The lowest BCUT2D eigenvalue weighted by Gasteiger charge is -2.12. The van der Waals surface area contributed by atoms with Crippen molar-refractivity contribution in [1.29, 1.82) is 0 Å². The molecular weight excluding hydrogens is 320 g/mol. The maximum Gasteiger partial charge on any atom is 0.247 e. The van der Waals surface area contributed by atoms with Gasteiger partial charge in [0.1, 0.15) is 0 Å². The number of aryl methyl sites for hydroxylation is 1. The molecule has 0 bridgehead atoms. The maximum absolute atomic E-state index is 5.98. The number of halogens is 1. The van der Waals surface area contributed by atoms with Crippen molar-refractivity contribution in [1.82, 2.24) is 20.1 Å². The van der Waals surface area contributed by atoms with Gasteiger partial charge < -0.3 is 4.42 Å². The fourth-order valence-corrected chi connectivity index (χ4v) is 3.15. The van der Waals surface area contributed by atoms with Gasteiger partial charge in [0.15, 0.2) is 0 Å². The van der Waals surface area contributed by atoms with Crippen LogP contribution < -0.4 is 0 Å². The molecule has 0 amide bonds. The summed E-state index contributed by atoms with van der Waals surface area (Å²) >= 11 is 7.67. The minimum atomic E-state index is 0.486. The molecule has 0 saturated heterocycles. The molecule has 0 fully saturated rings. The van der Waals surface area contributed by atoms with Crippen molar-refractivity contribution < 1.29 is 4.42 Å². The van der Waals surface area contributed by atoms with Crippen LogP contribution in [0.2, 0.25) is 5.02 Å². The smallest absolute Gasteiger partial charge is 0.247 e. The summed E-state index contributed by atoms with van der Waals surface area (Å²) < 4.78 is 5.70. The number of nitrogens with zero attached hydrogens (tertiary/aromatic N) is 4. The summed E-state index contributed by atoms with van der Waals surface area (Å²) in [6.45, 7) is 3.40. The Balaban J connectivity index is 1.66. The first-order chi connectivity index (χ1) is 10.6. The van der Waals surface area contributed by atoms with E-state index in [1.807, 2.05) is 44.4 Å². The van der Waals surface area contributed by atoms with Crippen LogP contribution in [0.1, 0.15) is 15.8 Å². The van der Waals surface area contributed by atoms with Gasteiger partial charge in [-0.3, -0.25) is 4.90 Å². The maximum atomic E-state index is 5.98. The lowest BCUT2D eigenvalue weighted by Crippen LogP contribution is -2.16. The quantitative estimate of drug-likeness (QED) is 0.710. The van der Waals surface area contributed by atoms with Gasteiger partial charge in [0.25, 0.3) is 0 Å². The van der Waals surface area contributed by atoms with Crippen LogP contribution in [-0.4, -0.2) is 27.1 Å². The fourth-order valence-electron chi connectivity index (χ4n) is 2.09. The molecule has 22 heavy (non-hydrogen) atoms. The second kappa shape index (κ2) is 6.56. The first kappa shape index (κ1) is 15.1. The second-order valence-electron chi connectivity index (χ2n) is 5.03. The molecule has 0 unspecified atom stereocenters. The van der Waals surface area contributed by atoms with Gasteiger partial charge in [-0.15, -0.1) is 21.5 Å². The molecule has 3 rings (SSSR count). The minimum absolute atomic E-state index is 0.486. The van der Waals surface area contributed by atoms with Crippen LogP contribution >= 0.6 is 22.9 Å². The summed E-state index contributed by atoms with van der Waals surface area (Å²) in [5.74, 6) is 1.07. The van der Waals surface area contributed by atoms with Crippen LogP contribution in [-0.2, 0) is 13.1 Å². The zero-order valence-electron chi connectivity index (χ0n) is 12.3. The molecule has 0 spiro atoms. The average Bonchev–Trinajstić information content (AvgIpc) is 3.08.